The lowest BCUT2D eigenvalue weighted by Crippen LogP contribution is -2.30. The highest BCUT2D eigenvalue weighted by molar-refractivity contribution is 9.10. The summed E-state index contributed by atoms with van der Waals surface area (Å²) < 4.78 is 0.490. The average Bonchev–Trinajstić information content (AvgIpc) is 2.64. The van der Waals surface area contributed by atoms with E-state index in [0.717, 1.165) is 4.90 Å². The van der Waals surface area contributed by atoms with Crippen LogP contribution < -0.4 is 4.90 Å². The second kappa shape index (κ2) is 4.88. The van der Waals surface area contributed by atoms with Crippen LogP contribution in [0.5, 0.6) is 0 Å². The Hall–Kier alpha value is -1.36. The van der Waals surface area contributed by atoms with E-state index in [1.54, 1.807) is 30.3 Å². The Balaban J connectivity index is 2.19. The first-order valence-electron chi connectivity index (χ1n) is 5.63. The van der Waals surface area contributed by atoms with Gasteiger partial charge in [-0.25, -0.2) is 4.90 Å². The number of fused-ring (bicyclic) bond motifs is 1. The Morgan fingerprint density at radius 2 is 1.50 bits per heavy atom. The maximum atomic E-state index is 12.4. The van der Waals surface area contributed by atoms with E-state index in [1.807, 2.05) is 0 Å². The fourth-order valence-corrected chi connectivity index (χ4v) is 3.60. The standard InChI is InChI=1S/C14H6BrCl2NO2/c15-10-5-7(16)6-11(17)12(10)18-13(19)8-3-1-2-4-9(8)14(18)20/h1-6H. The Labute approximate surface area is 133 Å². The number of hydrogen-bond donors (Lipinski definition) is 0. The Morgan fingerprint density at radius 1 is 0.950 bits per heavy atom. The second-order valence-electron chi connectivity index (χ2n) is 4.21. The van der Waals surface area contributed by atoms with Gasteiger partial charge in [-0.2, -0.15) is 0 Å². The fourth-order valence-electron chi connectivity index (χ4n) is 2.14. The molecule has 3 nitrogen and oxygen atoms in total. The van der Waals surface area contributed by atoms with Crippen LogP contribution in [0.25, 0.3) is 0 Å². The van der Waals surface area contributed by atoms with Gasteiger partial charge in [0.1, 0.15) is 0 Å². The Bertz CT molecular complexity index is 703. The highest BCUT2D eigenvalue weighted by Crippen LogP contribution is 2.40. The Morgan fingerprint density at radius 3 is 2.00 bits per heavy atom. The van der Waals surface area contributed by atoms with Gasteiger partial charge < -0.3 is 0 Å². The third kappa shape index (κ3) is 1.95. The number of imide groups is 1. The summed E-state index contributed by atoms with van der Waals surface area (Å²) in [5.74, 6) is -0.786. The van der Waals surface area contributed by atoms with E-state index in [9.17, 15) is 9.59 Å². The van der Waals surface area contributed by atoms with Gasteiger partial charge in [0.15, 0.2) is 0 Å². The van der Waals surface area contributed by atoms with Crippen LogP contribution in [0, 0.1) is 0 Å². The van der Waals surface area contributed by atoms with Gasteiger partial charge in [-0.15, -0.1) is 0 Å². The molecular weight excluding hydrogens is 365 g/mol. The van der Waals surface area contributed by atoms with Gasteiger partial charge in [0, 0.05) is 9.50 Å². The van der Waals surface area contributed by atoms with Crippen molar-refractivity contribution in [2.45, 2.75) is 0 Å². The molecule has 2 amide bonds. The molecule has 0 bridgehead atoms. The fraction of sp³-hybridized carbons (Fsp3) is 0. The molecule has 0 unspecified atom stereocenters. The molecule has 2 aromatic carbocycles. The van der Waals surface area contributed by atoms with Crippen molar-refractivity contribution in [1.29, 1.82) is 0 Å². The van der Waals surface area contributed by atoms with Gasteiger partial charge in [0.2, 0.25) is 0 Å². The maximum Gasteiger partial charge on any atom is 0.266 e. The SMILES string of the molecule is O=C1c2ccccc2C(=O)N1c1c(Cl)cc(Cl)cc1Br. The van der Waals surface area contributed by atoms with E-state index in [4.69, 9.17) is 23.2 Å². The summed E-state index contributed by atoms with van der Waals surface area (Å²) >= 11 is 15.3. The molecule has 0 aliphatic carbocycles. The van der Waals surface area contributed by atoms with Crippen molar-refractivity contribution in [3.8, 4) is 0 Å². The number of rotatable bonds is 1. The highest BCUT2D eigenvalue weighted by atomic mass is 79.9. The maximum absolute atomic E-state index is 12.4. The predicted molar refractivity (Wildman–Crippen MR) is 81.7 cm³/mol. The van der Waals surface area contributed by atoms with E-state index >= 15 is 0 Å². The average molecular weight is 371 g/mol. The topological polar surface area (TPSA) is 37.4 Å². The third-order valence-electron chi connectivity index (χ3n) is 3.00. The second-order valence-corrected chi connectivity index (χ2v) is 5.91. The van der Waals surface area contributed by atoms with Gasteiger partial charge in [-0.3, -0.25) is 9.59 Å². The zero-order valence-electron chi connectivity index (χ0n) is 9.86. The number of benzene rings is 2. The van der Waals surface area contributed by atoms with Crippen molar-refractivity contribution in [2.24, 2.45) is 0 Å². The molecule has 0 fully saturated rings. The molecule has 100 valence electrons. The van der Waals surface area contributed by atoms with Crippen LogP contribution in [-0.4, -0.2) is 11.8 Å². The van der Waals surface area contributed by atoms with Crippen molar-refractivity contribution in [3.05, 3.63) is 62.0 Å². The summed E-state index contributed by atoms with van der Waals surface area (Å²) in [6.07, 6.45) is 0. The third-order valence-corrected chi connectivity index (χ3v) is 4.11. The molecule has 1 aliphatic heterocycles. The molecule has 0 aromatic heterocycles. The molecule has 20 heavy (non-hydrogen) atoms. The molecule has 3 rings (SSSR count). The highest BCUT2D eigenvalue weighted by Gasteiger charge is 2.38. The van der Waals surface area contributed by atoms with Crippen molar-refractivity contribution in [3.63, 3.8) is 0 Å². The van der Waals surface area contributed by atoms with Gasteiger partial charge in [0.25, 0.3) is 11.8 Å². The predicted octanol–water partition coefficient (Wildman–Crippen LogP) is 4.56. The summed E-state index contributed by atoms with van der Waals surface area (Å²) in [4.78, 5) is 25.8. The molecule has 0 saturated carbocycles. The summed E-state index contributed by atoms with van der Waals surface area (Å²) in [6.45, 7) is 0. The molecule has 1 heterocycles. The molecule has 6 heteroatoms. The first-order valence-corrected chi connectivity index (χ1v) is 7.18. The van der Waals surface area contributed by atoms with E-state index in [2.05, 4.69) is 15.9 Å². The summed E-state index contributed by atoms with van der Waals surface area (Å²) in [7, 11) is 0. The number of amides is 2. The summed E-state index contributed by atoms with van der Waals surface area (Å²) in [6, 6.07) is 9.75. The molecule has 0 saturated heterocycles. The lowest BCUT2D eigenvalue weighted by Gasteiger charge is -2.17. The van der Waals surface area contributed by atoms with Crippen LogP contribution in [0.15, 0.2) is 40.9 Å². The van der Waals surface area contributed by atoms with E-state index in [0.29, 0.717) is 26.3 Å². The van der Waals surface area contributed by atoms with Crippen molar-refractivity contribution in [1.82, 2.24) is 0 Å². The van der Waals surface area contributed by atoms with E-state index < -0.39 is 11.8 Å². The molecule has 0 radical (unpaired) electrons. The zero-order chi connectivity index (χ0) is 14.4. The van der Waals surface area contributed by atoms with Crippen LogP contribution in [0.3, 0.4) is 0 Å². The van der Waals surface area contributed by atoms with Gasteiger partial charge in [0.05, 0.1) is 21.8 Å². The minimum Gasteiger partial charge on any atom is -0.268 e. The van der Waals surface area contributed by atoms with Crippen molar-refractivity contribution >= 4 is 56.6 Å². The van der Waals surface area contributed by atoms with Gasteiger partial charge >= 0.3 is 0 Å². The molecule has 0 spiro atoms. The molecule has 0 atom stereocenters. The number of anilines is 1. The van der Waals surface area contributed by atoms with Crippen LogP contribution in [0.1, 0.15) is 20.7 Å². The molecule has 2 aromatic rings. The minimum absolute atomic E-state index is 0.235. The number of carbonyl (C=O) groups excluding carboxylic acids is 2. The van der Waals surface area contributed by atoms with Gasteiger partial charge in [-0.05, 0) is 40.2 Å². The van der Waals surface area contributed by atoms with Crippen LogP contribution in [-0.2, 0) is 0 Å². The largest absolute Gasteiger partial charge is 0.268 e. The zero-order valence-corrected chi connectivity index (χ0v) is 13.0. The lowest BCUT2D eigenvalue weighted by molar-refractivity contribution is 0.0926. The van der Waals surface area contributed by atoms with Gasteiger partial charge in [-0.1, -0.05) is 35.3 Å². The van der Waals surface area contributed by atoms with Crippen LogP contribution >= 0.6 is 39.1 Å². The monoisotopic (exact) mass is 369 g/mol. The summed E-state index contributed by atoms with van der Waals surface area (Å²) in [5.41, 5.74) is 1.05. The van der Waals surface area contributed by atoms with Crippen LogP contribution in [0.2, 0.25) is 10.0 Å². The van der Waals surface area contributed by atoms with Crippen molar-refractivity contribution in [2.75, 3.05) is 4.90 Å². The molecular formula is C14H6BrCl2NO2. The smallest absolute Gasteiger partial charge is 0.266 e. The van der Waals surface area contributed by atoms with Crippen LogP contribution in [0.4, 0.5) is 5.69 Å². The van der Waals surface area contributed by atoms with E-state index in [1.165, 1.54) is 6.07 Å². The number of carbonyl (C=O) groups is 2. The lowest BCUT2D eigenvalue weighted by atomic mass is 10.1. The van der Waals surface area contributed by atoms with E-state index in [-0.39, 0.29) is 5.02 Å². The van der Waals surface area contributed by atoms with Crippen molar-refractivity contribution < 1.29 is 9.59 Å². The normalized spacial score (nSPS) is 13.8. The first kappa shape index (κ1) is 13.6. The number of halogens is 3. The number of nitrogens with zero attached hydrogens (tertiary/aromatic N) is 1. The summed E-state index contributed by atoms with van der Waals surface area (Å²) in [5, 5.41) is 0.654. The Kier molecular flexibility index (Phi) is 3.32. The quantitative estimate of drug-likeness (QED) is 0.690. The molecule has 0 N–H and O–H groups in total. The number of hydrogen-bond acceptors (Lipinski definition) is 2. The first-order chi connectivity index (χ1) is 9.50. The molecule has 1 aliphatic rings. The minimum atomic E-state index is -0.393.